The van der Waals surface area contributed by atoms with Crippen LogP contribution in [-0.4, -0.2) is 40.3 Å². The quantitative estimate of drug-likeness (QED) is 0.609. The second-order valence-electron chi connectivity index (χ2n) is 7.07. The maximum absolute atomic E-state index is 12.8. The molecule has 3 rings (SSSR count). The Bertz CT molecular complexity index is 912. The highest BCUT2D eigenvalue weighted by Gasteiger charge is 2.48. The van der Waals surface area contributed by atoms with Crippen molar-refractivity contribution < 1.29 is 23.6 Å². The summed E-state index contributed by atoms with van der Waals surface area (Å²) in [5, 5.41) is 5.76. The fourth-order valence-electron chi connectivity index (χ4n) is 2.94. The number of hydrazine groups is 1. The summed E-state index contributed by atoms with van der Waals surface area (Å²) in [5.41, 5.74) is 2.43. The Labute approximate surface area is 167 Å². The zero-order valence-electron chi connectivity index (χ0n) is 16.1. The lowest BCUT2D eigenvalue weighted by atomic mass is 9.93. The summed E-state index contributed by atoms with van der Waals surface area (Å²) >= 11 is 0. The summed E-state index contributed by atoms with van der Waals surface area (Å²) in [6.07, 6.45) is 3.54. The SMILES string of the molecule is CC(NC(=O)c1ccoc1)C(=O)NN1C(=O)NC(C)(CCc2ccccc2)C1=O. The Morgan fingerprint density at radius 2 is 1.93 bits per heavy atom. The zero-order valence-corrected chi connectivity index (χ0v) is 16.1. The van der Waals surface area contributed by atoms with Crippen molar-refractivity contribution >= 4 is 23.8 Å². The predicted octanol–water partition coefficient (Wildman–Crippen LogP) is 1.37. The molecule has 1 aliphatic rings. The molecule has 1 aromatic carbocycles. The minimum Gasteiger partial charge on any atom is -0.472 e. The van der Waals surface area contributed by atoms with Crippen molar-refractivity contribution in [2.24, 2.45) is 0 Å². The number of nitrogens with one attached hydrogen (secondary N) is 3. The number of benzene rings is 1. The van der Waals surface area contributed by atoms with E-state index in [1.54, 1.807) is 6.92 Å². The Kier molecular flexibility index (Phi) is 5.67. The molecule has 2 unspecified atom stereocenters. The molecule has 0 aliphatic carbocycles. The molecule has 152 valence electrons. The third-order valence-corrected chi connectivity index (χ3v) is 4.76. The van der Waals surface area contributed by atoms with E-state index < -0.39 is 35.3 Å². The highest BCUT2D eigenvalue weighted by Crippen LogP contribution is 2.22. The number of carbonyl (C=O) groups excluding carboxylic acids is 4. The number of hydrogen-bond acceptors (Lipinski definition) is 5. The van der Waals surface area contributed by atoms with Crippen molar-refractivity contribution in [3.63, 3.8) is 0 Å². The average molecular weight is 398 g/mol. The van der Waals surface area contributed by atoms with E-state index in [-0.39, 0.29) is 5.56 Å². The van der Waals surface area contributed by atoms with Gasteiger partial charge in [-0.15, -0.1) is 0 Å². The van der Waals surface area contributed by atoms with Crippen LogP contribution < -0.4 is 16.1 Å². The number of carbonyl (C=O) groups is 4. The van der Waals surface area contributed by atoms with Gasteiger partial charge in [0.1, 0.15) is 17.8 Å². The minimum atomic E-state index is -1.14. The first-order chi connectivity index (χ1) is 13.8. The predicted molar refractivity (Wildman–Crippen MR) is 102 cm³/mol. The van der Waals surface area contributed by atoms with Gasteiger partial charge in [-0.3, -0.25) is 19.8 Å². The lowest BCUT2D eigenvalue weighted by Crippen LogP contribution is -2.54. The first-order valence-electron chi connectivity index (χ1n) is 9.14. The van der Waals surface area contributed by atoms with Crippen molar-refractivity contribution in [3.05, 3.63) is 60.1 Å². The molecule has 9 nitrogen and oxygen atoms in total. The van der Waals surface area contributed by atoms with Gasteiger partial charge in [-0.1, -0.05) is 30.3 Å². The lowest BCUT2D eigenvalue weighted by Gasteiger charge is -2.22. The molecule has 1 aromatic heterocycles. The monoisotopic (exact) mass is 398 g/mol. The van der Waals surface area contributed by atoms with E-state index in [0.717, 1.165) is 5.56 Å². The van der Waals surface area contributed by atoms with Crippen LogP contribution in [0, 0.1) is 0 Å². The van der Waals surface area contributed by atoms with Crippen LogP contribution in [0.15, 0.2) is 53.3 Å². The van der Waals surface area contributed by atoms with E-state index in [9.17, 15) is 19.2 Å². The van der Waals surface area contributed by atoms with Crippen LogP contribution in [0.4, 0.5) is 4.79 Å². The molecule has 9 heteroatoms. The molecule has 0 spiro atoms. The summed E-state index contributed by atoms with van der Waals surface area (Å²) in [6.45, 7) is 3.06. The van der Waals surface area contributed by atoms with E-state index in [1.807, 2.05) is 30.3 Å². The number of imide groups is 1. The van der Waals surface area contributed by atoms with Crippen LogP contribution in [-0.2, 0) is 16.0 Å². The van der Waals surface area contributed by atoms with Crippen LogP contribution in [0.3, 0.4) is 0 Å². The van der Waals surface area contributed by atoms with Gasteiger partial charge in [0.15, 0.2) is 0 Å². The molecular formula is C20H22N4O5. The van der Waals surface area contributed by atoms with Gasteiger partial charge in [0.05, 0.1) is 11.8 Å². The molecule has 1 saturated heterocycles. The molecule has 2 heterocycles. The van der Waals surface area contributed by atoms with Crippen molar-refractivity contribution in [1.29, 1.82) is 0 Å². The number of aryl methyl sites for hydroxylation is 1. The third-order valence-electron chi connectivity index (χ3n) is 4.76. The average Bonchev–Trinajstić information content (AvgIpc) is 3.31. The Balaban J connectivity index is 1.58. The van der Waals surface area contributed by atoms with Crippen LogP contribution in [0.25, 0.3) is 0 Å². The van der Waals surface area contributed by atoms with Gasteiger partial charge in [-0.05, 0) is 38.3 Å². The summed E-state index contributed by atoms with van der Waals surface area (Å²) in [6, 6.07) is 9.34. The number of urea groups is 1. The molecule has 2 aromatic rings. The maximum Gasteiger partial charge on any atom is 0.344 e. The number of rotatable bonds is 7. The zero-order chi connectivity index (χ0) is 21.0. The molecule has 5 amide bonds. The van der Waals surface area contributed by atoms with E-state index in [4.69, 9.17) is 4.42 Å². The van der Waals surface area contributed by atoms with Gasteiger partial charge in [0, 0.05) is 0 Å². The van der Waals surface area contributed by atoms with Gasteiger partial charge in [0.2, 0.25) is 0 Å². The topological polar surface area (TPSA) is 121 Å². The molecule has 0 saturated carbocycles. The molecule has 1 aliphatic heterocycles. The van der Waals surface area contributed by atoms with Gasteiger partial charge in [0.25, 0.3) is 17.7 Å². The summed E-state index contributed by atoms with van der Waals surface area (Å²) in [7, 11) is 0. The summed E-state index contributed by atoms with van der Waals surface area (Å²) < 4.78 is 4.82. The Morgan fingerprint density at radius 3 is 2.59 bits per heavy atom. The van der Waals surface area contributed by atoms with Crippen LogP contribution in [0.1, 0.15) is 36.2 Å². The second kappa shape index (κ2) is 8.17. The highest BCUT2D eigenvalue weighted by molar-refractivity contribution is 6.08. The molecule has 0 radical (unpaired) electrons. The van der Waals surface area contributed by atoms with Crippen molar-refractivity contribution in [2.45, 2.75) is 38.3 Å². The number of nitrogens with zero attached hydrogens (tertiary/aromatic N) is 1. The standard InChI is InChI=1S/C20H22N4O5/c1-13(21-17(26)15-9-11-29-12-15)16(25)23-24-18(27)20(2,22-19(24)28)10-8-14-6-4-3-5-7-14/h3-7,9,11-13H,8,10H2,1-2H3,(H,21,26)(H,22,28)(H,23,25). The molecular weight excluding hydrogens is 376 g/mol. The van der Waals surface area contributed by atoms with Gasteiger partial charge in [-0.25, -0.2) is 4.79 Å². The summed E-state index contributed by atoms with van der Waals surface area (Å²) in [4.78, 5) is 49.4. The second-order valence-corrected chi connectivity index (χ2v) is 7.07. The van der Waals surface area contributed by atoms with E-state index in [1.165, 1.54) is 25.5 Å². The largest absolute Gasteiger partial charge is 0.472 e. The van der Waals surface area contributed by atoms with Crippen LogP contribution in [0.2, 0.25) is 0 Å². The number of furan rings is 1. The van der Waals surface area contributed by atoms with E-state index in [0.29, 0.717) is 17.9 Å². The summed E-state index contributed by atoms with van der Waals surface area (Å²) in [5.74, 6) is -1.76. The first kappa shape index (κ1) is 20.1. The number of hydrogen-bond donors (Lipinski definition) is 3. The molecule has 29 heavy (non-hydrogen) atoms. The fourth-order valence-corrected chi connectivity index (χ4v) is 2.94. The first-order valence-corrected chi connectivity index (χ1v) is 9.14. The number of amides is 5. The van der Waals surface area contributed by atoms with Gasteiger partial charge in [-0.2, -0.15) is 5.01 Å². The normalized spacial score (nSPS) is 19.6. The Hall–Kier alpha value is -3.62. The van der Waals surface area contributed by atoms with Gasteiger partial charge < -0.3 is 15.1 Å². The van der Waals surface area contributed by atoms with Crippen molar-refractivity contribution in [3.8, 4) is 0 Å². The molecule has 0 bridgehead atoms. The fraction of sp³-hybridized carbons (Fsp3) is 0.300. The maximum atomic E-state index is 12.8. The van der Waals surface area contributed by atoms with Crippen LogP contribution >= 0.6 is 0 Å². The minimum absolute atomic E-state index is 0.258. The highest BCUT2D eigenvalue weighted by atomic mass is 16.3. The van der Waals surface area contributed by atoms with Crippen molar-refractivity contribution in [2.75, 3.05) is 0 Å². The third kappa shape index (κ3) is 4.45. The molecule has 3 N–H and O–H groups in total. The smallest absolute Gasteiger partial charge is 0.344 e. The molecule has 2 atom stereocenters. The van der Waals surface area contributed by atoms with Gasteiger partial charge >= 0.3 is 6.03 Å². The molecule has 1 fully saturated rings. The van der Waals surface area contributed by atoms with E-state index >= 15 is 0 Å². The van der Waals surface area contributed by atoms with E-state index in [2.05, 4.69) is 16.1 Å². The Morgan fingerprint density at radius 1 is 1.21 bits per heavy atom. The van der Waals surface area contributed by atoms with Crippen molar-refractivity contribution in [1.82, 2.24) is 21.1 Å². The van der Waals surface area contributed by atoms with Crippen LogP contribution in [0.5, 0.6) is 0 Å². The lowest BCUT2D eigenvalue weighted by molar-refractivity contribution is -0.139.